The number of hydrazone groups is 1. The van der Waals surface area contributed by atoms with Crippen LogP contribution in [0.2, 0.25) is 0 Å². The lowest BCUT2D eigenvalue weighted by Crippen LogP contribution is -2.63. The van der Waals surface area contributed by atoms with Crippen LogP contribution in [-0.2, 0) is 0 Å². The fraction of sp³-hybridized carbons (Fsp3) is 0. The summed E-state index contributed by atoms with van der Waals surface area (Å²) in [5.41, 5.74) is 12.0. The van der Waals surface area contributed by atoms with Crippen molar-refractivity contribution in [2.45, 2.75) is 0 Å². The highest BCUT2D eigenvalue weighted by Crippen LogP contribution is 2.24. The summed E-state index contributed by atoms with van der Waals surface area (Å²) in [5, 5.41) is 25.4. The van der Waals surface area contributed by atoms with Crippen molar-refractivity contribution < 1.29 is 14.8 Å². The molecule has 1 heterocycles. The van der Waals surface area contributed by atoms with Crippen molar-refractivity contribution in [3.8, 4) is 5.75 Å². The van der Waals surface area contributed by atoms with E-state index in [0.29, 0.717) is 5.56 Å². The second kappa shape index (κ2) is 5.52. The number of nitrogen functional groups attached to an aromatic ring is 1. The summed E-state index contributed by atoms with van der Waals surface area (Å²) in [6, 6.07) is 11.1. The summed E-state index contributed by atoms with van der Waals surface area (Å²) in [4.78, 5) is 0. The number of fused-ring (bicyclic) bond motifs is 1. The van der Waals surface area contributed by atoms with Gasteiger partial charge in [0.2, 0.25) is 12.1 Å². The molecule has 8 heteroatoms. The topological polar surface area (TPSA) is 138 Å². The summed E-state index contributed by atoms with van der Waals surface area (Å²) in [6.07, 6.45) is 1.54. The first kappa shape index (κ1) is 13.6. The molecule has 8 nitrogen and oxygen atoms in total. The Kier molecular flexibility index (Phi) is 3.40. The quantitative estimate of drug-likeness (QED) is 0.287. The molecule has 0 aliphatic rings. The van der Waals surface area contributed by atoms with Gasteiger partial charge in [0.1, 0.15) is 5.75 Å². The predicted octanol–water partition coefficient (Wildman–Crippen LogP) is -0.669. The normalized spacial score (nSPS) is 12.3. The molecule has 6 N–H and O–H groups in total. The fourth-order valence-corrected chi connectivity index (χ4v) is 2.03. The van der Waals surface area contributed by atoms with Gasteiger partial charge in [-0.05, 0) is 27.2 Å². The van der Waals surface area contributed by atoms with E-state index < -0.39 is 0 Å². The number of aromatic hydroxyl groups is 1. The molecule has 0 spiro atoms. The Balaban J connectivity index is 1.96. The highest BCUT2D eigenvalue weighted by molar-refractivity contribution is 6.01. The highest BCUT2D eigenvalue weighted by atomic mass is 16.6. The Labute approximate surface area is 124 Å². The number of aromatic nitrogens is 2. The molecule has 3 aromatic rings. The molecule has 22 heavy (non-hydrogen) atoms. The predicted molar refractivity (Wildman–Crippen MR) is 81.2 cm³/mol. The molecule has 3 rings (SSSR count). The van der Waals surface area contributed by atoms with E-state index >= 15 is 0 Å². The van der Waals surface area contributed by atoms with Gasteiger partial charge in [0.15, 0.2) is 11.5 Å². The van der Waals surface area contributed by atoms with Crippen LogP contribution in [0.15, 0.2) is 46.1 Å². The van der Waals surface area contributed by atoms with Gasteiger partial charge in [-0.25, -0.2) is 4.63 Å². The van der Waals surface area contributed by atoms with Gasteiger partial charge < -0.3 is 16.6 Å². The third-order valence-corrected chi connectivity index (χ3v) is 3.10. The number of phenols is 1. The summed E-state index contributed by atoms with van der Waals surface area (Å²) >= 11 is 0. The molecule has 0 bridgehead atoms. The average Bonchev–Trinajstić information content (AvgIpc) is 2.95. The largest absolute Gasteiger partial charge is 0.507 e. The van der Waals surface area contributed by atoms with E-state index in [9.17, 15) is 5.11 Å². The third-order valence-electron chi connectivity index (χ3n) is 3.10. The number of rotatable bonds is 3. The Morgan fingerprint density at radius 1 is 1.23 bits per heavy atom. The van der Waals surface area contributed by atoms with E-state index in [-0.39, 0.29) is 23.1 Å². The van der Waals surface area contributed by atoms with Gasteiger partial charge in [-0.15, -0.1) is 5.10 Å². The third kappa shape index (κ3) is 2.44. The Hall–Kier alpha value is -3.42. The van der Waals surface area contributed by atoms with Crippen molar-refractivity contribution in [1.82, 2.24) is 10.3 Å². The van der Waals surface area contributed by atoms with E-state index in [4.69, 9.17) is 11.5 Å². The van der Waals surface area contributed by atoms with Crippen LogP contribution in [0.25, 0.3) is 10.8 Å². The molecule has 0 unspecified atom stereocenters. The van der Waals surface area contributed by atoms with Crippen LogP contribution in [0.4, 0.5) is 5.82 Å². The summed E-state index contributed by atoms with van der Waals surface area (Å²) in [7, 11) is 0. The first-order valence-electron chi connectivity index (χ1n) is 6.38. The maximum atomic E-state index is 9.99. The second-order valence-corrected chi connectivity index (χ2v) is 4.49. The molecule has 0 radical (unpaired) electrons. The zero-order valence-corrected chi connectivity index (χ0v) is 11.4. The monoisotopic (exact) mass is 297 g/mol. The number of nitrogens with zero attached hydrogens (tertiary/aromatic N) is 3. The van der Waals surface area contributed by atoms with Crippen LogP contribution in [0.3, 0.4) is 0 Å². The number of hydrogen-bond acceptors (Lipinski definition) is 6. The minimum Gasteiger partial charge on any atom is -0.507 e. The zero-order chi connectivity index (χ0) is 15.5. The van der Waals surface area contributed by atoms with Crippen LogP contribution in [0.5, 0.6) is 5.75 Å². The maximum Gasteiger partial charge on any atom is 0.224 e. The smallest absolute Gasteiger partial charge is 0.224 e. The molecule has 0 atom stereocenters. The number of anilines is 1. The standard InChI is InChI=1S/C14H12N6O2/c15-13(12-14(16)20-22-19-12)18-17-7-10-9-4-2-1-3-8(9)5-6-11(10)21/h1-7,21H,(H2,15,18)(H2,16,20)/p+1/b17-7+. The van der Waals surface area contributed by atoms with Gasteiger partial charge in [0.05, 0.1) is 5.56 Å². The van der Waals surface area contributed by atoms with E-state index in [1.54, 1.807) is 6.07 Å². The van der Waals surface area contributed by atoms with E-state index in [1.165, 1.54) is 6.21 Å². The minimum atomic E-state index is 0.0229. The van der Waals surface area contributed by atoms with E-state index in [1.807, 2.05) is 30.3 Å². The summed E-state index contributed by atoms with van der Waals surface area (Å²) < 4.78 is 4.44. The van der Waals surface area contributed by atoms with Crippen LogP contribution >= 0.6 is 0 Å². The molecule has 2 aromatic carbocycles. The number of phenolic OH excluding ortho intramolecular Hbond substituents is 1. The summed E-state index contributed by atoms with van der Waals surface area (Å²) in [5.74, 6) is 0.202. The van der Waals surface area contributed by atoms with Crippen LogP contribution in [-0.4, -0.2) is 27.5 Å². The van der Waals surface area contributed by atoms with Gasteiger partial charge in [-0.1, -0.05) is 30.3 Å². The van der Waals surface area contributed by atoms with E-state index in [2.05, 4.69) is 25.1 Å². The molecule has 110 valence electrons. The van der Waals surface area contributed by atoms with Gasteiger partial charge >= 0.3 is 0 Å². The molecule has 0 amide bonds. The van der Waals surface area contributed by atoms with Gasteiger partial charge in [0, 0.05) is 5.10 Å². The van der Waals surface area contributed by atoms with Crippen molar-refractivity contribution in [2.24, 2.45) is 10.8 Å². The maximum absolute atomic E-state index is 9.99. The molecule has 0 fully saturated rings. The van der Waals surface area contributed by atoms with E-state index in [0.717, 1.165) is 10.8 Å². The van der Waals surface area contributed by atoms with Gasteiger partial charge in [-0.2, -0.15) is 0 Å². The van der Waals surface area contributed by atoms with Crippen molar-refractivity contribution in [2.75, 3.05) is 5.73 Å². The number of benzene rings is 2. The van der Waals surface area contributed by atoms with Crippen molar-refractivity contribution in [3.63, 3.8) is 0 Å². The zero-order valence-electron chi connectivity index (χ0n) is 11.4. The van der Waals surface area contributed by atoms with Crippen molar-refractivity contribution in [1.29, 1.82) is 0 Å². The van der Waals surface area contributed by atoms with Gasteiger partial charge in [0.25, 0.3) is 0 Å². The Morgan fingerprint density at radius 3 is 2.82 bits per heavy atom. The first-order valence-corrected chi connectivity index (χ1v) is 6.38. The first-order chi connectivity index (χ1) is 10.7. The van der Waals surface area contributed by atoms with Gasteiger partial charge in [-0.3, -0.25) is 0 Å². The van der Waals surface area contributed by atoms with Crippen LogP contribution in [0.1, 0.15) is 11.3 Å². The highest BCUT2D eigenvalue weighted by Gasteiger charge is 2.12. The second-order valence-electron chi connectivity index (χ2n) is 4.49. The molecule has 0 aliphatic carbocycles. The molecule has 0 saturated carbocycles. The van der Waals surface area contributed by atoms with Crippen LogP contribution in [0, 0.1) is 0 Å². The number of hydrogen-bond donors (Lipinski definition) is 4. The van der Waals surface area contributed by atoms with Crippen molar-refractivity contribution in [3.05, 3.63) is 47.7 Å². The fourth-order valence-electron chi connectivity index (χ4n) is 2.03. The average molecular weight is 297 g/mol. The number of nitrogens with one attached hydrogen (secondary N) is 1. The number of amidine groups is 1. The molecular formula is C14H13N6O2+. The molecule has 0 saturated heterocycles. The lowest BCUT2D eigenvalue weighted by atomic mass is 10.0. The Morgan fingerprint density at radius 2 is 2.05 bits per heavy atom. The van der Waals surface area contributed by atoms with Crippen LogP contribution < -0.4 is 16.6 Å². The molecule has 1 aromatic heterocycles. The number of nitrogens with two attached hydrogens (primary N) is 2. The lowest BCUT2D eigenvalue weighted by molar-refractivity contribution is -0.456. The minimum absolute atomic E-state index is 0.0229. The molecule has 0 aliphatic heterocycles. The Bertz CT molecular complexity index is 884. The summed E-state index contributed by atoms with van der Waals surface area (Å²) in [6.45, 7) is 0. The SMILES string of the molecule is NC(=N/[NH+]=C/c1c(O)ccc2ccccc12)c1nonc1N. The molecular weight excluding hydrogens is 284 g/mol. The van der Waals surface area contributed by atoms with Crippen molar-refractivity contribution >= 4 is 28.6 Å². The lowest BCUT2D eigenvalue weighted by Gasteiger charge is -2.01.